The molecule has 98 valence electrons. The van der Waals surface area contributed by atoms with Crippen LogP contribution in [-0.4, -0.2) is 32.2 Å². The van der Waals surface area contributed by atoms with E-state index < -0.39 is 0 Å². The van der Waals surface area contributed by atoms with Crippen LogP contribution >= 0.6 is 0 Å². The summed E-state index contributed by atoms with van der Waals surface area (Å²) in [6.07, 6.45) is 0.371. The Kier molecular flexibility index (Phi) is 3.43. The molecule has 0 saturated carbocycles. The number of amides is 1. The molecule has 0 bridgehead atoms. The maximum atomic E-state index is 12.0. The van der Waals surface area contributed by atoms with E-state index in [4.69, 9.17) is 15.2 Å². The van der Waals surface area contributed by atoms with Crippen molar-refractivity contribution in [3.63, 3.8) is 0 Å². The van der Waals surface area contributed by atoms with Gasteiger partial charge in [-0.25, -0.2) is 0 Å². The van der Waals surface area contributed by atoms with Crippen molar-refractivity contribution in [3.05, 3.63) is 18.2 Å². The monoisotopic (exact) mass is 250 g/mol. The van der Waals surface area contributed by atoms with Gasteiger partial charge in [-0.1, -0.05) is 0 Å². The van der Waals surface area contributed by atoms with Crippen molar-refractivity contribution >= 4 is 11.6 Å². The largest absolute Gasteiger partial charge is 0.497 e. The Balaban J connectivity index is 2.41. The van der Waals surface area contributed by atoms with Gasteiger partial charge in [-0.2, -0.15) is 0 Å². The molecular formula is C13H18N2O3. The highest BCUT2D eigenvalue weighted by Crippen LogP contribution is 2.36. The molecule has 1 heterocycles. The topological polar surface area (TPSA) is 64.8 Å². The van der Waals surface area contributed by atoms with Gasteiger partial charge in [0.1, 0.15) is 11.5 Å². The van der Waals surface area contributed by atoms with Crippen molar-refractivity contribution in [2.24, 2.45) is 5.73 Å². The molecule has 1 fully saturated rings. The SMILES string of the molecule is COc1ccc(N2C(=O)CC(N)C2C)c(OC)c1. The molecule has 1 amide bonds. The molecule has 5 heteroatoms. The predicted molar refractivity (Wildman–Crippen MR) is 69.1 cm³/mol. The number of ether oxygens (including phenoxy) is 2. The molecule has 1 aliphatic heterocycles. The lowest BCUT2D eigenvalue weighted by molar-refractivity contribution is -0.117. The van der Waals surface area contributed by atoms with Crippen LogP contribution in [0.4, 0.5) is 5.69 Å². The minimum absolute atomic E-state index is 0.0264. The van der Waals surface area contributed by atoms with E-state index in [9.17, 15) is 4.79 Å². The first-order valence-electron chi connectivity index (χ1n) is 5.88. The van der Waals surface area contributed by atoms with Crippen LogP contribution in [0.25, 0.3) is 0 Å². The number of hydrogen-bond donors (Lipinski definition) is 1. The molecular weight excluding hydrogens is 232 g/mol. The Morgan fingerprint density at radius 2 is 2.06 bits per heavy atom. The van der Waals surface area contributed by atoms with Crippen LogP contribution in [0.3, 0.4) is 0 Å². The molecule has 2 atom stereocenters. The van der Waals surface area contributed by atoms with Gasteiger partial charge in [0.25, 0.3) is 0 Å². The first-order valence-corrected chi connectivity index (χ1v) is 5.88. The fourth-order valence-electron chi connectivity index (χ4n) is 2.23. The van der Waals surface area contributed by atoms with E-state index in [2.05, 4.69) is 0 Å². The molecule has 18 heavy (non-hydrogen) atoms. The third kappa shape index (κ3) is 2.01. The van der Waals surface area contributed by atoms with Crippen molar-refractivity contribution in [1.29, 1.82) is 0 Å². The highest BCUT2D eigenvalue weighted by Gasteiger charge is 2.36. The van der Waals surface area contributed by atoms with Gasteiger partial charge in [0, 0.05) is 24.6 Å². The Hall–Kier alpha value is -1.75. The molecule has 5 nitrogen and oxygen atoms in total. The summed E-state index contributed by atoms with van der Waals surface area (Å²) >= 11 is 0. The van der Waals surface area contributed by atoms with Crippen LogP contribution in [0, 0.1) is 0 Å². The van der Waals surface area contributed by atoms with Crippen molar-refractivity contribution in [3.8, 4) is 11.5 Å². The molecule has 2 rings (SSSR count). The number of nitrogens with zero attached hydrogens (tertiary/aromatic N) is 1. The van der Waals surface area contributed by atoms with Gasteiger partial charge in [0.15, 0.2) is 0 Å². The van der Waals surface area contributed by atoms with E-state index in [0.29, 0.717) is 17.9 Å². The number of anilines is 1. The van der Waals surface area contributed by atoms with Crippen molar-refractivity contribution in [1.82, 2.24) is 0 Å². The highest BCUT2D eigenvalue weighted by atomic mass is 16.5. The summed E-state index contributed by atoms with van der Waals surface area (Å²) in [5.74, 6) is 1.33. The second-order valence-electron chi connectivity index (χ2n) is 4.41. The number of rotatable bonds is 3. The van der Waals surface area contributed by atoms with Crippen molar-refractivity contribution in [2.75, 3.05) is 19.1 Å². The average molecular weight is 250 g/mol. The smallest absolute Gasteiger partial charge is 0.229 e. The molecule has 2 N–H and O–H groups in total. The van der Waals surface area contributed by atoms with Crippen LogP contribution in [0.5, 0.6) is 11.5 Å². The predicted octanol–water partition coefficient (Wildman–Crippen LogP) is 1.16. The number of methoxy groups -OCH3 is 2. The lowest BCUT2D eigenvalue weighted by atomic mass is 10.1. The Morgan fingerprint density at radius 1 is 1.33 bits per heavy atom. The summed E-state index contributed by atoms with van der Waals surface area (Å²) in [6.45, 7) is 1.94. The first kappa shape index (κ1) is 12.7. The van der Waals surface area contributed by atoms with Gasteiger partial charge in [-0.05, 0) is 19.1 Å². The molecule has 1 aromatic rings. The zero-order chi connectivity index (χ0) is 13.3. The van der Waals surface area contributed by atoms with Gasteiger partial charge in [0.05, 0.1) is 19.9 Å². The summed E-state index contributed by atoms with van der Waals surface area (Å²) in [7, 11) is 3.16. The Labute approximate surface area is 106 Å². The molecule has 0 aromatic heterocycles. The summed E-state index contributed by atoms with van der Waals surface area (Å²) in [5, 5.41) is 0. The van der Waals surface area contributed by atoms with Crippen molar-refractivity contribution < 1.29 is 14.3 Å². The van der Waals surface area contributed by atoms with E-state index in [0.717, 1.165) is 5.69 Å². The maximum Gasteiger partial charge on any atom is 0.229 e. The summed E-state index contributed by atoms with van der Waals surface area (Å²) in [6, 6.07) is 5.23. The normalized spacial score (nSPS) is 23.3. The third-order valence-corrected chi connectivity index (χ3v) is 3.35. The lowest BCUT2D eigenvalue weighted by Gasteiger charge is -2.25. The number of nitrogens with two attached hydrogens (primary N) is 1. The molecule has 2 unspecified atom stereocenters. The number of carbonyl (C=O) groups excluding carboxylic acids is 1. The van der Waals surface area contributed by atoms with Crippen LogP contribution in [0.1, 0.15) is 13.3 Å². The van der Waals surface area contributed by atoms with Crippen molar-refractivity contribution in [2.45, 2.75) is 25.4 Å². The van der Waals surface area contributed by atoms with E-state index in [1.165, 1.54) is 0 Å². The highest BCUT2D eigenvalue weighted by molar-refractivity contribution is 5.98. The standard InChI is InChI=1S/C13H18N2O3/c1-8-10(14)7-13(16)15(8)11-5-4-9(17-2)6-12(11)18-3/h4-6,8,10H,7,14H2,1-3H3. The Morgan fingerprint density at radius 3 is 2.56 bits per heavy atom. The summed E-state index contributed by atoms with van der Waals surface area (Å²) < 4.78 is 10.5. The van der Waals surface area contributed by atoms with Gasteiger partial charge in [-0.3, -0.25) is 4.79 Å². The zero-order valence-electron chi connectivity index (χ0n) is 10.8. The van der Waals surface area contributed by atoms with E-state index in [1.807, 2.05) is 19.1 Å². The fraction of sp³-hybridized carbons (Fsp3) is 0.462. The van der Waals surface area contributed by atoms with Crippen LogP contribution in [0.2, 0.25) is 0 Å². The molecule has 0 spiro atoms. The van der Waals surface area contributed by atoms with Crippen LogP contribution in [-0.2, 0) is 4.79 Å². The third-order valence-electron chi connectivity index (χ3n) is 3.35. The van der Waals surface area contributed by atoms with E-state index in [1.54, 1.807) is 25.2 Å². The molecule has 1 saturated heterocycles. The van der Waals surface area contributed by atoms with Gasteiger partial charge >= 0.3 is 0 Å². The number of hydrogen-bond acceptors (Lipinski definition) is 4. The van der Waals surface area contributed by atoms with E-state index >= 15 is 0 Å². The summed E-state index contributed by atoms with van der Waals surface area (Å²) in [5.41, 5.74) is 6.66. The van der Waals surface area contributed by atoms with Gasteiger partial charge in [-0.15, -0.1) is 0 Å². The minimum Gasteiger partial charge on any atom is -0.497 e. The number of benzene rings is 1. The molecule has 1 aromatic carbocycles. The quantitative estimate of drug-likeness (QED) is 0.874. The molecule has 0 radical (unpaired) electrons. The summed E-state index contributed by atoms with van der Waals surface area (Å²) in [4.78, 5) is 13.7. The minimum atomic E-state index is -0.135. The lowest BCUT2D eigenvalue weighted by Crippen LogP contribution is -2.38. The fourth-order valence-corrected chi connectivity index (χ4v) is 2.23. The second-order valence-corrected chi connectivity index (χ2v) is 4.41. The molecule has 0 aliphatic carbocycles. The van der Waals surface area contributed by atoms with Gasteiger partial charge in [0.2, 0.25) is 5.91 Å². The van der Waals surface area contributed by atoms with E-state index in [-0.39, 0.29) is 18.0 Å². The second kappa shape index (κ2) is 4.86. The molecule has 1 aliphatic rings. The average Bonchev–Trinajstić information content (AvgIpc) is 2.62. The maximum absolute atomic E-state index is 12.0. The van der Waals surface area contributed by atoms with Crippen LogP contribution in [0.15, 0.2) is 18.2 Å². The first-order chi connectivity index (χ1) is 8.58. The Bertz CT molecular complexity index is 462. The zero-order valence-corrected chi connectivity index (χ0v) is 10.8. The van der Waals surface area contributed by atoms with Crippen LogP contribution < -0.4 is 20.1 Å². The van der Waals surface area contributed by atoms with Gasteiger partial charge < -0.3 is 20.1 Å². The number of carbonyl (C=O) groups is 1.